The number of rotatable bonds is 5. The van der Waals surface area contributed by atoms with Crippen LogP contribution in [0.3, 0.4) is 0 Å². The van der Waals surface area contributed by atoms with Gasteiger partial charge >= 0.3 is 0 Å². The van der Waals surface area contributed by atoms with Crippen LogP contribution in [0.1, 0.15) is 28.0 Å². The number of benzene rings is 1. The molecule has 0 bridgehead atoms. The molecule has 0 spiro atoms. The summed E-state index contributed by atoms with van der Waals surface area (Å²) in [6, 6.07) is 7.85. The van der Waals surface area contributed by atoms with Crippen molar-refractivity contribution in [2.24, 2.45) is 13.0 Å². The summed E-state index contributed by atoms with van der Waals surface area (Å²) in [5, 5.41) is 10.5. The number of anilines is 1. The molecule has 1 aliphatic heterocycles. The molecule has 25 heavy (non-hydrogen) atoms. The minimum atomic E-state index is -0.143. The topological polar surface area (TPSA) is 68.2 Å². The van der Waals surface area contributed by atoms with E-state index in [1.807, 2.05) is 32.2 Å². The van der Waals surface area contributed by atoms with Gasteiger partial charge in [0.05, 0.1) is 12.8 Å². The Morgan fingerprint density at radius 3 is 2.96 bits per heavy atom. The van der Waals surface area contributed by atoms with E-state index in [2.05, 4.69) is 21.8 Å². The third kappa shape index (κ3) is 4.32. The van der Waals surface area contributed by atoms with E-state index in [4.69, 9.17) is 4.74 Å². The number of carbonyl (C=O) groups excluding carboxylic acids is 1. The van der Waals surface area contributed by atoms with E-state index in [0.29, 0.717) is 23.0 Å². The standard InChI is InChI=1S/C18H24N4O2.ClH/c1-12-16(18(24-3)21-22(12)2)20-17(23)15-6-4-5-13(10-15)9-14-7-8-19-11-14;/h4-6,10,14,19H,7-9,11H2,1-3H3,(H,20,23);1H. The second kappa shape index (κ2) is 8.36. The Bertz CT molecular complexity index is 739. The van der Waals surface area contributed by atoms with E-state index in [1.54, 1.807) is 11.8 Å². The van der Waals surface area contributed by atoms with Crippen LogP contribution in [-0.2, 0) is 13.5 Å². The fourth-order valence-electron chi connectivity index (χ4n) is 3.11. The Labute approximate surface area is 154 Å². The SMILES string of the molecule is COc1nn(C)c(C)c1NC(=O)c1cccc(CC2CCNC2)c1.Cl. The van der Waals surface area contributed by atoms with Crippen molar-refractivity contribution >= 4 is 24.0 Å². The first-order valence-electron chi connectivity index (χ1n) is 8.27. The molecule has 2 heterocycles. The van der Waals surface area contributed by atoms with Gasteiger partial charge in [0.1, 0.15) is 5.69 Å². The zero-order chi connectivity index (χ0) is 17.1. The molecular formula is C18H25ClN4O2. The summed E-state index contributed by atoms with van der Waals surface area (Å²) in [5.74, 6) is 0.941. The number of carbonyl (C=O) groups is 1. The van der Waals surface area contributed by atoms with Crippen LogP contribution >= 0.6 is 12.4 Å². The minimum Gasteiger partial charge on any atom is -0.478 e. The van der Waals surface area contributed by atoms with Crippen molar-refractivity contribution in [2.45, 2.75) is 19.8 Å². The molecule has 3 rings (SSSR count). The van der Waals surface area contributed by atoms with E-state index < -0.39 is 0 Å². The van der Waals surface area contributed by atoms with Gasteiger partial charge in [0.25, 0.3) is 11.8 Å². The van der Waals surface area contributed by atoms with Crippen LogP contribution in [0.4, 0.5) is 5.69 Å². The second-order valence-corrected chi connectivity index (χ2v) is 6.31. The largest absolute Gasteiger partial charge is 0.478 e. The lowest BCUT2D eigenvalue weighted by molar-refractivity contribution is 0.102. The molecule has 1 aromatic heterocycles. The Hall–Kier alpha value is -2.05. The van der Waals surface area contributed by atoms with Crippen LogP contribution in [0.25, 0.3) is 0 Å². The quantitative estimate of drug-likeness (QED) is 0.855. The summed E-state index contributed by atoms with van der Waals surface area (Å²) < 4.78 is 6.93. The summed E-state index contributed by atoms with van der Waals surface area (Å²) in [4.78, 5) is 12.6. The summed E-state index contributed by atoms with van der Waals surface area (Å²) in [7, 11) is 3.37. The van der Waals surface area contributed by atoms with Gasteiger partial charge < -0.3 is 15.4 Å². The Morgan fingerprint density at radius 2 is 2.28 bits per heavy atom. The van der Waals surface area contributed by atoms with E-state index in [9.17, 15) is 4.79 Å². The number of halogens is 1. The molecule has 136 valence electrons. The monoisotopic (exact) mass is 364 g/mol. The molecule has 1 unspecified atom stereocenters. The van der Waals surface area contributed by atoms with Gasteiger partial charge in [-0.2, -0.15) is 0 Å². The molecular weight excluding hydrogens is 340 g/mol. The Morgan fingerprint density at radius 1 is 1.48 bits per heavy atom. The van der Waals surface area contributed by atoms with Crippen molar-refractivity contribution in [1.82, 2.24) is 15.1 Å². The first-order chi connectivity index (χ1) is 11.6. The average molecular weight is 365 g/mol. The maximum Gasteiger partial charge on any atom is 0.256 e. The van der Waals surface area contributed by atoms with Crippen LogP contribution in [0.15, 0.2) is 24.3 Å². The van der Waals surface area contributed by atoms with Gasteiger partial charge in [-0.3, -0.25) is 9.48 Å². The summed E-state index contributed by atoms with van der Waals surface area (Å²) >= 11 is 0. The summed E-state index contributed by atoms with van der Waals surface area (Å²) in [6.45, 7) is 4.04. The third-order valence-corrected chi connectivity index (χ3v) is 4.61. The fraction of sp³-hybridized carbons (Fsp3) is 0.444. The number of aryl methyl sites for hydroxylation is 1. The number of hydrogen-bond acceptors (Lipinski definition) is 4. The lowest BCUT2D eigenvalue weighted by Crippen LogP contribution is -2.14. The molecule has 1 aliphatic rings. The molecule has 7 heteroatoms. The van der Waals surface area contributed by atoms with Gasteiger partial charge in [-0.05, 0) is 56.5 Å². The second-order valence-electron chi connectivity index (χ2n) is 6.31. The van der Waals surface area contributed by atoms with Crippen molar-refractivity contribution in [2.75, 3.05) is 25.5 Å². The van der Waals surface area contributed by atoms with Crippen molar-refractivity contribution < 1.29 is 9.53 Å². The van der Waals surface area contributed by atoms with Crippen molar-refractivity contribution in [3.63, 3.8) is 0 Å². The van der Waals surface area contributed by atoms with Gasteiger partial charge in [0.15, 0.2) is 0 Å². The van der Waals surface area contributed by atoms with Gasteiger partial charge in [-0.25, -0.2) is 0 Å². The van der Waals surface area contributed by atoms with Gasteiger partial charge in [-0.1, -0.05) is 12.1 Å². The van der Waals surface area contributed by atoms with Crippen LogP contribution in [-0.4, -0.2) is 35.9 Å². The zero-order valence-electron chi connectivity index (χ0n) is 14.8. The molecule has 0 radical (unpaired) electrons. The van der Waals surface area contributed by atoms with Crippen molar-refractivity contribution in [3.05, 3.63) is 41.1 Å². The molecule has 1 aromatic carbocycles. The van der Waals surface area contributed by atoms with Crippen LogP contribution in [0.2, 0.25) is 0 Å². The maximum absolute atomic E-state index is 12.6. The highest BCUT2D eigenvalue weighted by atomic mass is 35.5. The lowest BCUT2D eigenvalue weighted by atomic mass is 9.97. The number of nitrogens with zero attached hydrogens (tertiary/aromatic N) is 2. The van der Waals surface area contributed by atoms with Crippen LogP contribution < -0.4 is 15.4 Å². The van der Waals surface area contributed by atoms with E-state index >= 15 is 0 Å². The first kappa shape index (κ1) is 19.3. The van der Waals surface area contributed by atoms with E-state index in [-0.39, 0.29) is 18.3 Å². The molecule has 2 aromatic rings. The molecule has 1 saturated heterocycles. The third-order valence-electron chi connectivity index (χ3n) is 4.61. The number of methoxy groups -OCH3 is 1. The molecule has 6 nitrogen and oxygen atoms in total. The number of amides is 1. The van der Waals surface area contributed by atoms with Gasteiger partial charge in [-0.15, -0.1) is 17.5 Å². The van der Waals surface area contributed by atoms with E-state index in [1.165, 1.54) is 12.0 Å². The predicted octanol–water partition coefficient (Wildman–Crippen LogP) is 2.56. The molecule has 2 N–H and O–H groups in total. The van der Waals surface area contributed by atoms with Crippen LogP contribution in [0.5, 0.6) is 5.88 Å². The zero-order valence-corrected chi connectivity index (χ0v) is 15.7. The average Bonchev–Trinajstić information content (AvgIpc) is 3.18. The van der Waals surface area contributed by atoms with Crippen LogP contribution in [0, 0.1) is 12.8 Å². The number of nitrogens with one attached hydrogen (secondary N) is 2. The molecule has 0 aliphatic carbocycles. The minimum absolute atomic E-state index is 0. The number of ether oxygens (including phenoxy) is 1. The Balaban J connectivity index is 0.00000225. The lowest BCUT2D eigenvalue weighted by Gasteiger charge is -2.10. The molecule has 1 atom stereocenters. The molecule has 1 amide bonds. The number of aromatic nitrogens is 2. The fourth-order valence-corrected chi connectivity index (χ4v) is 3.11. The van der Waals surface area contributed by atoms with E-state index in [0.717, 1.165) is 25.2 Å². The first-order valence-corrected chi connectivity index (χ1v) is 8.27. The highest BCUT2D eigenvalue weighted by Gasteiger charge is 2.18. The maximum atomic E-state index is 12.6. The predicted molar refractivity (Wildman–Crippen MR) is 101 cm³/mol. The van der Waals surface area contributed by atoms with Gasteiger partial charge in [0.2, 0.25) is 0 Å². The highest BCUT2D eigenvalue weighted by Crippen LogP contribution is 2.27. The number of hydrogen-bond donors (Lipinski definition) is 2. The normalized spacial score (nSPS) is 16.4. The summed E-state index contributed by atoms with van der Waals surface area (Å²) in [6.07, 6.45) is 2.20. The van der Waals surface area contributed by atoms with Crippen molar-refractivity contribution in [1.29, 1.82) is 0 Å². The smallest absolute Gasteiger partial charge is 0.256 e. The Kier molecular flexibility index (Phi) is 6.45. The summed E-state index contributed by atoms with van der Waals surface area (Å²) in [5.41, 5.74) is 3.33. The molecule has 0 saturated carbocycles. The highest BCUT2D eigenvalue weighted by molar-refractivity contribution is 6.05. The molecule has 1 fully saturated rings. The van der Waals surface area contributed by atoms with Crippen molar-refractivity contribution in [3.8, 4) is 5.88 Å². The van der Waals surface area contributed by atoms with Gasteiger partial charge in [0, 0.05) is 12.6 Å².